The van der Waals surface area contributed by atoms with Gasteiger partial charge in [0.2, 0.25) is 5.91 Å². The van der Waals surface area contributed by atoms with E-state index in [1.807, 2.05) is 45.9 Å². The van der Waals surface area contributed by atoms with Crippen molar-refractivity contribution in [1.29, 1.82) is 0 Å². The van der Waals surface area contributed by atoms with E-state index >= 15 is 0 Å². The summed E-state index contributed by atoms with van der Waals surface area (Å²) in [5.74, 6) is 0.0844. The fourth-order valence-corrected chi connectivity index (χ4v) is 3.61. The fraction of sp³-hybridized carbons (Fsp3) is 0.391. The number of halogens is 2. The Morgan fingerprint density at radius 3 is 2.27 bits per heavy atom. The third-order valence-electron chi connectivity index (χ3n) is 4.65. The van der Waals surface area contributed by atoms with Gasteiger partial charge in [0.15, 0.2) is 6.61 Å². The second-order valence-electron chi connectivity index (χ2n) is 7.36. The monoisotopic (exact) mass is 450 g/mol. The normalized spacial score (nSPS) is 11.8. The number of carbonyl (C=O) groups excluding carboxylic acids is 2. The van der Waals surface area contributed by atoms with Crippen LogP contribution in [0.5, 0.6) is 5.75 Å². The summed E-state index contributed by atoms with van der Waals surface area (Å²) in [5.41, 5.74) is 1.52. The summed E-state index contributed by atoms with van der Waals surface area (Å²) < 4.78 is 5.74. The zero-order valence-corrected chi connectivity index (χ0v) is 19.3. The highest BCUT2D eigenvalue weighted by Gasteiger charge is 2.30. The molecule has 0 spiro atoms. The third kappa shape index (κ3) is 6.38. The molecule has 0 saturated heterocycles. The molecule has 0 aliphatic rings. The summed E-state index contributed by atoms with van der Waals surface area (Å²) in [5, 5.41) is 3.77. The minimum atomic E-state index is -0.673. The van der Waals surface area contributed by atoms with Crippen molar-refractivity contribution >= 4 is 35.0 Å². The summed E-state index contributed by atoms with van der Waals surface area (Å²) in [6.45, 7) is 7.44. The Bertz CT molecular complexity index is 866. The molecule has 2 aromatic carbocycles. The van der Waals surface area contributed by atoms with Gasteiger partial charge in [0, 0.05) is 28.2 Å². The summed E-state index contributed by atoms with van der Waals surface area (Å²) in [4.78, 5) is 27.5. The Labute approximate surface area is 188 Å². The highest BCUT2D eigenvalue weighted by Crippen LogP contribution is 2.27. The molecule has 2 aromatic rings. The van der Waals surface area contributed by atoms with E-state index in [1.54, 1.807) is 24.3 Å². The zero-order chi connectivity index (χ0) is 22.3. The van der Waals surface area contributed by atoms with Crippen LogP contribution in [0.2, 0.25) is 10.0 Å². The Morgan fingerprint density at radius 1 is 1.07 bits per heavy atom. The number of carbonyl (C=O) groups is 2. The van der Waals surface area contributed by atoms with E-state index in [1.165, 1.54) is 4.90 Å². The zero-order valence-electron chi connectivity index (χ0n) is 17.7. The van der Waals surface area contributed by atoms with Crippen molar-refractivity contribution in [2.45, 2.75) is 52.7 Å². The summed E-state index contributed by atoms with van der Waals surface area (Å²) in [7, 11) is 0. The maximum Gasteiger partial charge on any atom is 0.261 e. The molecule has 0 heterocycles. The van der Waals surface area contributed by atoms with Crippen molar-refractivity contribution in [2.24, 2.45) is 0 Å². The van der Waals surface area contributed by atoms with Gasteiger partial charge in [-0.1, -0.05) is 54.4 Å². The lowest BCUT2D eigenvalue weighted by atomic mass is 10.1. The molecule has 7 heteroatoms. The molecule has 0 aliphatic carbocycles. The minimum absolute atomic E-state index is 0.0457. The van der Waals surface area contributed by atoms with E-state index in [0.29, 0.717) is 27.8 Å². The summed E-state index contributed by atoms with van der Waals surface area (Å²) >= 11 is 12.7. The van der Waals surface area contributed by atoms with Crippen LogP contribution in [-0.4, -0.2) is 35.4 Å². The number of amides is 2. The first kappa shape index (κ1) is 24.0. The first-order valence-corrected chi connectivity index (χ1v) is 10.7. The van der Waals surface area contributed by atoms with Gasteiger partial charge in [0.25, 0.3) is 5.91 Å². The van der Waals surface area contributed by atoms with Crippen molar-refractivity contribution in [3.8, 4) is 5.75 Å². The molecule has 0 aliphatic heterocycles. The van der Waals surface area contributed by atoms with Crippen LogP contribution < -0.4 is 10.1 Å². The SMILES string of the molecule is CCC(C(=O)NC(C)C)N(Cc1c(Cl)cccc1Cl)C(=O)COc1ccccc1C. The van der Waals surface area contributed by atoms with Gasteiger partial charge in [-0.15, -0.1) is 0 Å². The molecule has 162 valence electrons. The van der Waals surface area contributed by atoms with Crippen LogP contribution in [0.3, 0.4) is 0 Å². The Morgan fingerprint density at radius 2 is 1.70 bits per heavy atom. The van der Waals surface area contributed by atoms with Gasteiger partial charge in [0.05, 0.1) is 0 Å². The number of nitrogens with one attached hydrogen (secondary N) is 1. The second-order valence-corrected chi connectivity index (χ2v) is 8.18. The van der Waals surface area contributed by atoms with Crippen molar-refractivity contribution in [3.63, 3.8) is 0 Å². The molecule has 1 N–H and O–H groups in total. The van der Waals surface area contributed by atoms with E-state index in [0.717, 1.165) is 5.56 Å². The van der Waals surface area contributed by atoms with Gasteiger partial charge < -0.3 is 15.0 Å². The number of nitrogens with zero attached hydrogens (tertiary/aromatic N) is 1. The highest BCUT2D eigenvalue weighted by atomic mass is 35.5. The van der Waals surface area contributed by atoms with Gasteiger partial charge in [-0.3, -0.25) is 9.59 Å². The second kappa shape index (κ2) is 11.2. The predicted octanol–water partition coefficient (Wildman–Crippen LogP) is 5.01. The first-order chi connectivity index (χ1) is 14.2. The van der Waals surface area contributed by atoms with Gasteiger partial charge in [0.1, 0.15) is 11.8 Å². The highest BCUT2D eigenvalue weighted by molar-refractivity contribution is 6.36. The Hall–Kier alpha value is -2.24. The number of benzene rings is 2. The molecular weight excluding hydrogens is 423 g/mol. The quantitative estimate of drug-likeness (QED) is 0.583. The average Bonchev–Trinajstić information content (AvgIpc) is 2.68. The lowest BCUT2D eigenvalue weighted by molar-refractivity contribution is -0.143. The standard InChI is InChI=1S/C23H28Cl2N2O3/c1-5-20(23(29)26-15(2)3)27(13-17-18(24)10-8-11-19(17)25)22(28)14-30-21-12-7-6-9-16(21)4/h6-12,15,20H,5,13-14H2,1-4H3,(H,26,29). The summed E-state index contributed by atoms with van der Waals surface area (Å²) in [6.07, 6.45) is 0.441. The van der Waals surface area contributed by atoms with Gasteiger partial charge >= 0.3 is 0 Å². The Kier molecular flexibility index (Phi) is 9.00. The molecule has 0 aromatic heterocycles. The lowest BCUT2D eigenvalue weighted by Crippen LogP contribution is -2.51. The van der Waals surface area contributed by atoms with Gasteiger partial charge in [-0.2, -0.15) is 0 Å². The van der Waals surface area contributed by atoms with Crippen LogP contribution in [0, 0.1) is 6.92 Å². The van der Waals surface area contributed by atoms with Crippen LogP contribution in [-0.2, 0) is 16.1 Å². The molecule has 2 amide bonds. The van der Waals surface area contributed by atoms with Crippen molar-refractivity contribution in [3.05, 3.63) is 63.6 Å². The van der Waals surface area contributed by atoms with E-state index in [2.05, 4.69) is 5.32 Å². The minimum Gasteiger partial charge on any atom is -0.484 e. The van der Waals surface area contributed by atoms with E-state index < -0.39 is 6.04 Å². The number of rotatable bonds is 9. The fourth-order valence-electron chi connectivity index (χ4n) is 3.09. The average molecular weight is 451 g/mol. The molecule has 0 bridgehead atoms. The van der Waals surface area contributed by atoms with Gasteiger partial charge in [-0.25, -0.2) is 0 Å². The smallest absolute Gasteiger partial charge is 0.261 e. The van der Waals surface area contributed by atoms with Crippen LogP contribution in [0.25, 0.3) is 0 Å². The van der Waals surface area contributed by atoms with Crippen LogP contribution in [0.4, 0.5) is 0 Å². The predicted molar refractivity (Wildman–Crippen MR) is 121 cm³/mol. The van der Waals surface area contributed by atoms with Crippen molar-refractivity contribution in [2.75, 3.05) is 6.61 Å². The van der Waals surface area contributed by atoms with Crippen LogP contribution >= 0.6 is 23.2 Å². The largest absolute Gasteiger partial charge is 0.484 e. The maximum absolute atomic E-state index is 13.2. The number of aryl methyl sites for hydroxylation is 1. The molecule has 1 unspecified atom stereocenters. The van der Waals surface area contributed by atoms with Gasteiger partial charge in [-0.05, 0) is 51.0 Å². The molecular formula is C23H28Cl2N2O3. The van der Waals surface area contributed by atoms with Crippen molar-refractivity contribution < 1.29 is 14.3 Å². The van der Waals surface area contributed by atoms with Crippen LogP contribution in [0.15, 0.2) is 42.5 Å². The molecule has 2 rings (SSSR count). The number of hydrogen-bond donors (Lipinski definition) is 1. The van der Waals surface area contributed by atoms with E-state index in [-0.39, 0.29) is 31.0 Å². The molecule has 0 fully saturated rings. The van der Waals surface area contributed by atoms with E-state index in [9.17, 15) is 9.59 Å². The number of hydrogen-bond acceptors (Lipinski definition) is 3. The topological polar surface area (TPSA) is 58.6 Å². The maximum atomic E-state index is 13.2. The molecule has 30 heavy (non-hydrogen) atoms. The third-order valence-corrected chi connectivity index (χ3v) is 5.36. The lowest BCUT2D eigenvalue weighted by Gasteiger charge is -2.31. The molecule has 1 atom stereocenters. The molecule has 5 nitrogen and oxygen atoms in total. The first-order valence-electron chi connectivity index (χ1n) is 9.95. The number of para-hydroxylation sites is 1. The summed E-state index contributed by atoms with van der Waals surface area (Å²) in [6, 6.07) is 11.9. The Balaban J connectivity index is 2.30. The van der Waals surface area contributed by atoms with Crippen molar-refractivity contribution in [1.82, 2.24) is 10.2 Å². The number of ether oxygens (including phenoxy) is 1. The molecule has 0 saturated carbocycles. The van der Waals surface area contributed by atoms with E-state index in [4.69, 9.17) is 27.9 Å². The van der Waals surface area contributed by atoms with Crippen LogP contribution in [0.1, 0.15) is 38.3 Å². The molecule has 0 radical (unpaired) electrons.